The zero-order valence-corrected chi connectivity index (χ0v) is 13.2. The monoisotopic (exact) mass is 329 g/mol. The summed E-state index contributed by atoms with van der Waals surface area (Å²) in [6, 6.07) is 3.95. The molecule has 0 amide bonds. The van der Waals surface area contributed by atoms with Crippen LogP contribution in [0.15, 0.2) is 48.4 Å². The molecule has 1 aromatic rings. The molecule has 0 saturated heterocycles. The molecule has 0 heterocycles. The van der Waals surface area contributed by atoms with Crippen molar-refractivity contribution in [1.29, 1.82) is 0 Å². The maximum absolute atomic E-state index is 12.6. The molecule has 0 radical (unpaired) electrons. The van der Waals surface area contributed by atoms with Gasteiger partial charge in [-0.3, -0.25) is 0 Å². The van der Waals surface area contributed by atoms with Gasteiger partial charge in [0.2, 0.25) is 10.0 Å². The van der Waals surface area contributed by atoms with Crippen LogP contribution in [0.2, 0.25) is 5.02 Å². The minimum absolute atomic E-state index is 0.0285. The molecule has 0 atom stereocenters. The Morgan fingerprint density at radius 3 is 2.38 bits per heavy atom. The Hall–Kier alpha value is -1.63. The predicted octanol–water partition coefficient (Wildman–Crippen LogP) is 2.49. The Kier molecular flexibility index (Phi) is 6.14. The quantitative estimate of drug-likeness (QED) is 0.569. The van der Waals surface area contributed by atoms with Crippen LogP contribution in [0.25, 0.3) is 0 Å². The largest absolute Gasteiger partial charge is 0.465 e. The minimum Gasteiger partial charge on any atom is -0.465 e. The molecule has 114 valence electrons. The summed E-state index contributed by atoms with van der Waals surface area (Å²) in [5, 5.41) is 0.0285. The van der Waals surface area contributed by atoms with Gasteiger partial charge in [0.15, 0.2) is 0 Å². The zero-order chi connectivity index (χ0) is 16.0. The first-order chi connectivity index (χ1) is 9.88. The summed E-state index contributed by atoms with van der Waals surface area (Å²) in [4.78, 5) is 11.4. The van der Waals surface area contributed by atoms with Crippen molar-refractivity contribution in [1.82, 2.24) is 4.31 Å². The van der Waals surface area contributed by atoms with Gasteiger partial charge in [0.05, 0.1) is 17.7 Å². The van der Waals surface area contributed by atoms with Crippen LogP contribution in [0.4, 0.5) is 0 Å². The van der Waals surface area contributed by atoms with Crippen molar-refractivity contribution in [2.24, 2.45) is 0 Å². The van der Waals surface area contributed by atoms with Gasteiger partial charge in [0, 0.05) is 13.1 Å². The number of methoxy groups -OCH3 is 1. The number of carbonyl (C=O) groups excluding carboxylic acids is 1. The molecular formula is C14H16ClNO4S. The SMILES string of the molecule is C=CCN(CC=C)S(=O)(=O)c1cc(C(=O)OC)ccc1Cl. The maximum atomic E-state index is 12.6. The number of esters is 1. The molecule has 0 aromatic heterocycles. The van der Waals surface area contributed by atoms with Gasteiger partial charge in [-0.2, -0.15) is 4.31 Å². The molecule has 0 bridgehead atoms. The highest BCUT2D eigenvalue weighted by atomic mass is 35.5. The molecule has 0 aliphatic carbocycles. The Bertz CT molecular complexity index is 645. The standard InChI is InChI=1S/C14H16ClNO4S/c1-4-8-16(9-5-2)21(18,19)13-10-11(14(17)20-3)6-7-12(13)15/h4-7,10H,1-2,8-9H2,3H3. The third kappa shape index (κ3) is 3.93. The van der Waals surface area contributed by atoms with E-state index >= 15 is 0 Å². The highest BCUT2D eigenvalue weighted by Gasteiger charge is 2.26. The maximum Gasteiger partial charge on any atom is 0.337 e. The first kappa shape index (κ1) is 17.4. The van der Waals surface area contributed by atoms with Crippen LogP contribution in [-0.2, 0) is 14.8 Å². The van der Waals surface area contributed by atoms with Crippen molar-refractivity contribution in [2.75, 3.05) is 20.2 Å². The van der Waals surface area contributed by atoms with E-state index in [0.717, 1.165) is 4.31 Å². The second-order valence-corrected chi connectivity index (χ2v) is 6.35. The van der Waals surface area contributed by atoms with Crippen molar-refractivity contribution >= 4 is 27.6 Å². The highest BCUT2D eigenvalue weighted by Crippen LogP contribution is 2.26. The van der Waals surface area contributed by atoms with Crippen LogP contribution in [0.1, 0.15) is 10.4 Å². The number of ether oxygens (including phenoxy) is 1. The summed E-state index contributed by atoms with van der Waals surface area (Å²) >= 11 is 5.96. The Labute approximate surface area is 129 Å². The summed E-state index contributed by atoms with van der Waals surface area (Å²) < 4.78 is 30.9. The topological polar surface area (TPSA) is 63.7 Å². The van der Waals surface area contributed by atoms with Crippen molar-refractivity contribution in [3.05, 3.63) is 54.1 Å². The van der Waals surface area contributed by atoms with Gasteiger partial charge in [-0.25, -0.2) is 13.2 Å². The molecule has 0 spiro atoms. The van der Waals surface area contributed by atoms with Crippen molar-refractivity contribution < 1.29 is 17.9 Å². The fourth-order valence-electron chi connectivity index (χ4n) is 1.64. The molecule has 5 nitrogen and oxygen atoms in total. The van der Waals surface area contributed by atoms with Crippen LogP contribution >= 0.6 is 11.6 Å². The fraction of sp³-hybridized carbons (Fsp3) is 0.214. The molecule has 0 fully saturated rings. The van der Waals surface area contributed by atoms with Crippen LogP contribution < -0.4 is 0 Å². The molecule has 7 heteroatoms. The number of sulfonamides is 1. The van der Waals surface area contributed by atoms with E-state index in [1.165, 1.54) is 37.5 Å². The molecule has 0 saturated carbocycles. The lowest BCUT2D eigenvalue weighted by Gasteiger charge is -2.20. The van der Waals surface area contributed by atoms with Crippen LogP contribution in [0, 0.1) is 0 Å². The van der Waals surface area contributed by atoms with E-state index in [4.69, 9.17) is 11.6 Å². The number of hydrogen-bond donors (Lipinski definition) is 0. The van der Waals surface area contributed by atoms with Crippen LogP contribution in [0.3, 0.4) is 0 Å². The number of rotatable bonds is 7. The van der Waals surface area contributed by atoms with E-state index in [9.17, 15) is 13.2 Å². The number of halogens is 1. The van der Waals surface area contributed by atoms with Gasteiger partial charge in [-0.1, -0.05) is 23.8 Å². The lowest BCUT2D eigenvalue weighted by molar-refractivity contribution is 0.0600. The molecule has 0 aliphatic rings. The first-order valence-corrected chi connectivity index (χ1v) is 7.80. The Morgan fingerprint density at radius 2 is 1.90 bits per heavy atom. The molecule has 1 rings (SSSR count). The van der Waals surface area contributed by atoms with Crippen molar-refractivity contribution in [3.63, 3.8) is 0 Å². The number of nitrogens with zero attached hydrogens (tertiary/aromatic N) is 1. The van der Waals surface area contributed by atoms with Crippen molar-refractivity contribution in [2.45, 2.75) is 4.90 Å². The highest BCUT2D eigenvalue weighted by molar-refractivity contribution is 7.89. The fourth-order valence-corrected chi connectivity index (χ4v) is 3.53. The van der Waals surface area contributed by atoms with Crippen LogP contribution in [0.5, 0.6) is 0 Å². The lowest BCUT2D eigenvalue weighted by atomic mass is 10.2. The minimum atomic E-state index is -3.87. The molecule has 1 aromatic carbocycles. The van der Waals surface area contributed by atoms with E-state index in [2.05, 4.69) is 17.9 Å². The van der Waals surface area contributed by atoms with Crippen molar-refractivity contribution in [3.8, 4) is 0 Å². The molecule has 0 N–H and O–H groups in total. The van der Waals surface area contributed by atoms with E-state index in [0.29, 0.717) is 0 Å². The molecule has 21 heavy (non-hydrogen) atoms. The third-order valence-electron chi connectivity index (χ3n) is 2.64. The van der Waals surface area contributed by atoms with Gasteiger partial charge in [-0.05, 0) is 18.2 Å². The summed E-state index contributed by atoms with van der Waals surface area (Å²) in [5.41, 5.74) is 0.109. The lowest BCUT2D eigenvalue weighted by Crippen LogP contribution is -2.31. The second-order valence-electron chi connectivity index (χ2n) is 4.04. The third-order valence-corrected chi connectivity index (χ3v) is 4.95. The number of benzene rings is 1. The summed E-state index contributed by atoms with van der Waals surface area (Å²) in [7, 11) is -2.65. The summed E-state index contributed by atoms with van der Waals surface area (Å²) in [5.74, 6) is -0.637. The smallest absolute Gasteiger partial charge is 0.337 e. The average molecular weight is 330 g/mol. The molecule has 0 unspecified atom stereocenters. The molecule has 0 aliphatic heterocycles. The second kappa shape index (κ2) is 7.40. The Balaban J connectivity index is 3.38. The number of hydrogen-bond acceptors (Lipinski definition) is 4. The molecular weight excluding hydrogens is 314 g/mol. The van der Waals surface area contributed by atoms with Gasteiger partial charge in [-0.15, -0.1) is 13.2 Å². The van der Waals surface area contributed by atoms with E-state index in [1.54, 1.807) is 0 Å². The summed E-state index contributed by atoms with van der Waals surface area (Å²) in [6.45, 7) is 7.26. The summed E-state index contributed by atoms with van der Waals surface area (Å²) in [6.07, 6.45) is 2.91. The van der Waals surface area contributed by atoms with E-state index < -0.39 is 16.0 Å². The Morgan fingerprint density at radius 1 is 1.33 bits per heavy atom. The van der Waals surface area contributed by atoms with Gasteiger partial charge < -0.3 is 4.74 Å². The zero-order valence-electron chi connectivity index (χ0n) is 11.6. The van der Waals surface area contributed by atoms with Gasteiger partial charge in [0.25, 0.3) is 0 Å². The first-order valence-electron chi connectivity index (χ1n) is 5.98. The van der Waals surface area contributed by atoms with Crippen LogP contribution in [-0.4, -0.2) is 38.9 Å². The van der Waals surface area contributed by atoms with Gasteiger partial charge in [0.1, 0.15) is 4.90 Å². The average Bonchev–Trinajstić information content (AvgIpc) is 2.46. The number of carbonyl (C=O) groups is 1. The van der Waals surface area contributed by atoms with Gasteiger partial charge >= 0.3 is 5.97 Å². The predicted molar refractivity (Wildman–Crippen MR) is 81.9 cm³/mol. The van der Waals surface area contributed by atoms with E-state index in [1.807, 2.05) is 0 Å². The normalized spacial score (nSPS) is 11.2. The van der Waals surface area contributed by atoms with E-state index in [-0.39, 0.29) is 28.6 Å².